The first-order valence-corrected chi connectivity index (χ1v) is 9.11. The molecule has 138 valence electrons. The summed E-state index contributed by atoms with van der Waals surface area (Å²) in [5.41, 5.74) is 2.94. The molecular weight excluding hydrogens is 328 g/mol. The topological polar surface area (TPSA) is 79.0 Å². The summed E-state index contributed by atoms with van der Waals surface area (Å²) >= 11 is 0. The molecule has 3 rings (SSSR count). The van der Waals surface area contributed by atoms with E-state index >= 15 is 0 Å². The van der Waals surface area contributed by atoms with Crippen LogP contribution >= 0.6 is 0 Å². The Labute approximate surface area is 154 Å². The van der Waals surface area contributed by atoms with Gasteiger partial charge in [-0.05, 0) is 32.0 Å². The Morgan fingerprint density at radius 1 is 1.42 bits per heavy atom. The Kier molecular flexibility index (Phi) is 6.21. The maximum Gasteiger partial charge on any atom is 0.129 e. The maximum absolute atomic E-state index is 9.15. The molecule has 26 heavy (non-hydrogen) atoms. The highest BCUT2D eigenvalue weighted by molar-refractivity contribution is 5.36. The molecule has 0 amide bonds. The Balaban J connectivity index is 1.48. The maximum atomic E-state index is 9.15. The smallest absolute Gasteiger partial charge is 0.129 e. The van der Waals surface area contributed by atoms with Crippen molar-refractivity contribution in [2.24, 2.45) is 0 Å². The largest absolute Gasteiger partial charge is 0.381 e. The Morgan fingerprint density at radius 3 is 3.00 bits per heavy atom. The van der Waals surface area contributed by atoms with Crippen molar-refractivity contribution >= 4 is 5.82 Å². The third-order valence-corrected chi connectivity index (χ3v) is 4.70. The second-order valence-electron chi connectivity index (χ2n) is 6.68. The van der Waals surface area contributed by atoms with Gasteiger partial charge in [-0.15, -0.1) is 0 Å². The number of aromatic nitrogens is 3. The molecule has 2 aromatic rings. The number of aryl methyl sites for hydroxylation is 1. The summed E-state index contributed by atoms with van der Waals surface area (Å²) in [6.45, 7) is 6.93. The number of anilines is 1. The van der Waals surface area contributed by atoms with Crippen molar-refractivity contribution in [2.45, 2.75) is 32.4 Å². The molecule has 7 heteroatoms. The van der Waals surface area contributed by atoms with E-state index in [1.165, 1.54) is 0 Å². The summed E-state index contributed by atoms with van der Waals surface area (Å²) in [4.78, 5) is 10.9. The average Bonchev–Trinajstić information content (AvgIpc) is 3.31. The molecule has 1 atom stereocenters. The molecule has 0 spiro atoms. The van der Waals surface area contributed by atoms with Gasteiger partial charge in [0.2, 0.25) is 0 Å². The lowest BCUT2D eigenvalue weighted by atomic mass is 10.1. The molecule has 0 aliphatic carbocycles. The van der Waals surface area contributed by atoms with E-state index in [1.54, 1.807) is 6.33 Å². The first-order chi connectivity index (χ1) is 12.7. The van der Waals surface area contributed by atoms with Crippen LogP contribution in [0.3, 0.4) is 0 Å². The van der Waals surface area contributed by atoms with Gasteiger partial charge in [0, 0.05) is 51.0 Å². The summed E-state index contributed by atoms with van der Waals surface area (Å²) in [5.74, 6) is 1.25. The Morgan fingerprint density at radius 2 is 2.31 bits per heavy atom. The van der Waals surface area contributed by atoms with Gasteiger partial charge in [-0.2, -0.15) is 5.26 Å². The van der Waals surface area contributed by atoms with E-state index in [0.717, 1.165) is 68.6 Å². The quantitative estimate of drug-likeness (QED) is 0.783. The fourth-order valence-corrected chi connectivity index (χ4v) is 3.24. The van der Waals surface area contributed by atoms with Crippen LogP contribution < -0.4 is 5.32 Å². The lowest BCUT2D eigenvalue weighted by Crippen LogP contribution is -2.25. The summed E-state index contributed by atoms with van der Waals surface area (Å²) in [7, 11) is 2.08. The van der Waals surface area contributed by atoms with Crippen molar-refractivity contribution in [2.75, 3.05) is 38.7 Å². The highest BCUT2D eigenvalue weighted by Crippen LogP contribution is 2.24. The predicted octanol–water partition coefficient (Wildman–Crippen LogP) is 2.22. The van der Waals surface area contributed by atoms with Gasteiger partial charge >= 0.3 is 0 Å². The van der Waals surface area contributed by atoms with Crippen molar-refractivity contribution in [1.82, 2.24) is 19.4 Å². The average molecular weight is 354 g/mol. The first kappa shape index (κ1) is 18.4. The number of hydrogen-bond acceptors (Lipinski definition) is 6. The fourth-order valence-electron chi connectivity index (χ4n) is 3.24. The number of hydrogen-bond donors (Lipinski definition) is 1. The second-order valence-corrected chi connectivity index (χ2v) is 6.68. The van der Waals surface area contributed by atoms with E-state index in [-0.39, 0.29) is 0 Å². The number of ether oxygens (including phenoxy) is 1. The summed E-state index contributed by atoms with van der Waals surface area (Å²) < 4.78 is 7.42. The molecule has 0 saturated carbocycles. The Bertz CT molecular complexity index is 760. The number of nitrogens with zero attached hydrogens (tertiary/aromatic N) is 5. The zero-order valence-corrected chi connectivity index (χ0v) is 15.5. The minimum Gasteiger partial charge on any atom is -0.381 e. The minimum absolute atomic E-state index is 0.387. The third kappa shape index (κ3) is 4.59. The Hall–Kier alpha value is -2.43. The van der Waals surface area contributed by atoms with Crippen molar-refractivity contribution in [3.8, 4) is 6.07 Å². The van der Waals surface area contributed by atoms with Crippen LogP contribution in [0.15, 0.2) is 24.7 Å². The zero-order valence-electron chi connectivity index (χ0n) is 15.5. The van der Waals surface area contributed by atoms with E-state index in [2.05, 4.69) is 39.5 Å². The number of nitrogens with one attached hydrogen (secondary N) is 1. The van der Waals surface area contributed by atoms with Crippen molar-refractivity contribution in [3.63, 3.8) is 0 Å². The third-order valence-electron chi connectivity index (χ3n) is 4.70. The summed E-state index contributed by atoms with van der Waals surface area (Å²) in [6.07, 6.45) is 4.71. The standard InChI is InChI=1S/C19H26N6O/c1-3-25-12-15(8-17(25)10-20)11-24(2)6-5-21-19-9-18(22-14-23-19)16-4-7-26-13-16/h8-9,12,14,16H,3-7,11,13H2,1-2H3,(H,21,22,23). The van der Waals surface area contributed by atoms with Gasteiger partial charge in [-0.1, -0.05) is 0 Å². The normalized spacial score (nSPS) is 16.8. The highest BCUT2D eigenvalue weighted by atomic mass is 16.5. The summed E-state index contributed by atoms with van der Waals surface area (Å²) in [5, 5.41) is 12.5. The molecule has 1 N–H and O–H groups in total. The van der Waals surface area contributed by atoms with E-state index in [4.69, 9.17) is 10.00 Å². The predicted molar refractivity (Wildman–Crippen MR) is 99.9 cm³/mol. The lowest BCUT2D eigenvalue weighted by Gasteiger charge is -2.16. The number of likely N-dealkylation sites (N-methyl/N-ethyl adjacent to an activating group) is 1. The molecule has 0 radical (unpaired) electrons. The van der Waals surface area contributed by atoms with E-state index in [1.807, 2.05) is 23.6 Å². The first-order valence-electron chi connectivity index (χ1n) is 9.11. The zero-order chi connectivity index (χ0) is 18.4. The van der Waals surface area contributed by atoms with E-state index < -0.39 is 0 Å². The molecule has 2 aromatic heterocycles. The fraction of sp³-hybridized carbons (Fsp3) is 0.526. The van der Waals surface area contributed by atoms with Crippen LogP contribution in [0, 0.1) is 11.3 Å². The number of nitriles is 1. The van der Waals surface area contributed by atoms with Gasteiger partial charge < -0.3 is 19.5 Å². The van der Waals surface area contributed by atoms with Gasteiger partial charge in [0.05, 0.1) is 12.3 Å². The summed E-state index contributed by atoms with van der Waals surface area (Å²) in [6, 6.07) is 6.24. The monoisotopic (exact) mass is 354 g/mol. The highest BCUT2D eigenvalue weighted by Gasteiger charge is 2.19. The molecule has 1 unspecified atom stereocenters. The molecule has 1 saturated heterocycles. The van der Waals surface area contributed by atoms with Crippen LogP contribution in [-0.4, -0.2) is 52.8 Å². The van der Waals surface area contributed by atoms with Gasteiger partial charge in [0.15, 0.2) is 0 Å². The van der Waals surface area contributed by atoms with Gasteiger partial charge in [0.25, 0.3) is 0 Å². The molecular formula is C19H26N6O. The molecule has 3 heterocycles. The van der Waals surface area contributed by atoms with Crippen molar-refractivity contribution < 1.29 is 4.74 Å². The second kappa shape index (κ2) is 8.79. The van der Waals surface area contributed by atoms with Crippen molar-refractivity contribution in [3.05, 3.63) is 41.6 Å². The molecule has 7 nitrogen and oxygen atoms in total. The molecule has 0 bridgehead atoms. The van der Waals surface area contributed by atoms with Gasteiger partial charge in [0.1, 0.15) is 23.9 Å². The van der Waals surface area contributed by atoms with Crippen LogP contribution in [0.4, 0.5) is 5.82 Å². The van der Waals surface area contributed by atoms with Crippen molar-refractivity contribution in [1.29, 1.82) is 5.26 Å². The van der Waals surface area contributed by atoms with Crippen LogP contribution in [0.1, 0.15) is 36.2 Å². The molecule has 1 fully saturated rings. The van der Waals surface area contributed by atoms with Gasteiger partial charge in [-0.3, -0.25) is 0 Å². The molecule has 0 aromatic carbocycles. The van der Waals surface area contributed by atoms with Crippen LogP contribution in [0.5, 0.6) is 0 Å². The SMILES string of the molecule is CCn1cc(CN(C)CCNc2cc(C3CCOC3)ncn2)cc1C#N. The van der Waals surface area contributed by atoms with Crippen LogP contribution in [0.2, 0.25) is 0 Å². The van der Waals surface area contributed by atoms with E-state index in [0.29, 0.717) is 5.92 Å². The van der Waals surface area contributed by atoms with Crippen LogP contribution in [0.25, 0.3) is 0 Å². The van der Waals surface area contributed by atoms with Crippen LogP contribution in [-0.2, 0) is 17.8 Å². The lowest BCUT2D eigenvalue weighted by molar-refractivity contribution is 0.193. The minimum atomic E-state index is 0.387. The van der Waals surface area contributed by atoms with Gasteiger partial charge in [-0.25, -0.2) is 9.97 Å². The molecule has 1 aliphatic rings. The van der Waals surface area contributed by atoms with E-state index in [9.17, 15) is 0 Å². The molecule has 1 aliphatic heterocycles. The number of rotatable bonds is 8.